The molecule has 0 aliphatic heterocycles. The van der Waals surface area contributed by atoms with Crippen LogP contribution in [0.15, 0.2) is 182 Å². The largest absolute Gasteiger partial charge is 0.135 e. The smallest absolute Gasteiger partial charge is 0.0629 e. The van der Waals surface area contributed by atoms with E-state index in [2.05, 4.69) is 48.5 Å². The van der Waals surface area contributed by atoms with Gasteiger partial charge in [0.1, 0.15) is 0 Å². The highest BCUT2D eigenvalue weighted by molar-refractivity contribution is 7.26. The van der Waals surface area contributed by atoms with Crippen molar-refractivity contribution in [2.75, 3.05) is 0 Å². The van der Waals surface area contributed by atoms with Gasteiger partial charge in [-0.2, -0.15) is 0 Å². The van der Waals surface area contributed by atoms with Crippen molar-refractivity contribution in [1.82, 2.24) is 0 Å². The summed E-state index contributed by atoms with van der Waals surface area (Å²) >= 11 is 3.46. The molecule has 0 bridgehead atoms. The van der Waals surface area contributed by atoms with Crippen molar-refractivity contribution in [3.63, 3.8) is 0 Å². The molecule has 11 rings (SSSR count). The molecule has 2 heteroatoms. The van der Waals surface area contributed by atoms with Crippen LogP contribution in [0.1, 0.15) is 11.0 Å². The molecular weight excluding hydrogens is 665 g/mol. The summed E-state index contributed by atoms with van der Waals surface area (Å²) in [5.41, 5.74) is 5.84. The normalized spacial score (nSPS) is 14.0. The van der Waals surface area contributed by atoms with Gasteiger partial charge in [0.15, 0.2) is 0 Å². The Morgan fingerprint density at radius 1 is 0.308 bits per heavy atom. The van der Waals surface area contributed by atoms with E-state index in [1.54, 1.807) is 22.7 Å². The third kappa shape index (κ3) is 4.52. The van der Waals surface area contributed by atoms with Crippen LogP contribution >= 0.6 is 22.7 Å². The van der Waals surface area contributed by atoms with Gasteiger partial charge in [0.2, 0.25) is 0 Å². The van der Waals surface area contributed by atoms with Gasteiger partial charge in [-0.05, 0) is 78.2 Å². The molecule has 0 fully saturated rings. The SMILES string of the molecule is [2H]c1c([2H])c([2H])c2c(-c3ccc(-c4cccc5c4sc4ccccc45)cc3)c3c([2H])c([2H])c([2H])c([2H])c3c(-c3ccc(-c4cccc5c4sc4ccccc45)cc3)c2c1[2H]. The van der Waals surface area contributed by atoms with Gasteiger partial charge in [-0.25, -0.2) is 0 Å². The molecule has 0 radical (unpaired) electrons. The maximum Gasteiger partial charge on any atom is 0.0629 e. The lowest BCUT2D eigenvalue weighted by Gasteiger charge is -2.18. The van der Waals surface area contributed by atoms with Crippen LogP contribution in [-0.4, -0.2) is 0 Å². The molecule has 11 aromatic rings. The molecule has 9 aromatic carbocycles. The van der Waals surface area contributed by atoms with Crippen molar-refractivity contribution in [2.24, 2.45) is 0 Å². The molecule has 52 heavy (non-hydrogen) atoms. The predicted molar refractivity (Wildman–Crippen MR) is 229 cm³/mol. The van der Waals surface area contributed by atoms with Gasteiger partial charge in [-0.1, -0.05) is 170 Å². The van der Waals surface area contributed by atoms with Gasteiger partial charge < -0.3 is 0 Å². The van der Waals surface area contributed by atoms with Gasteiger partial charge in [-0.15, -0.1) is 22.7 Å². The Labute approximate surface area is 320 Å². The van der Waals surface area contributed by atoms with Crippen LogP contribution in [0.3, 0.4) is 0 Å². The zero-order valence-electron chi connectivity index (χ0n) is 35.5. The summed E-state index contributed by atoms with van der Waals surface area (Å²) < 4.78 is 77.6. The van der Waals surface area contributed by atoms with Crippen LogP contribution in [0, 0.1) is 0 Å². The summed E-state index contributed by atoms with van der Waals surface area (Å²) in [6, 6.07) is 41.9. The van der Waals surface area contributed by atoms with Crippen molar-refractivity contribution in [3.05, 3.63) is 182 Å². The molecule has 0 saturated heterocycles. The number of rotatable bonds is 4. The first-order chi connectivity index (χ1) is 29.1. The maximum absolute atomic E-state index is 9.38. The van der Waals surface area contributed by atoms with Crippen molar-refractivity contribution in [3.8, 4) is 44.5 Å². The second kappa shape index (κ2) is 11.7. The second-order valence-electron chi connectivity index (χ2n) is 13.0. The fraction of sp³-hybridized carbons (Fsp3) is 0. The average Bonchev–Trinajstić information content (AvgIpc) is 3.87. The van der Waals surface area contributed by atoms with Gasteiger partial charge in [0, 0.05) is 40.3 Å². The topological polar surface area (TPSA) is 0 Å². The van der Waals surface area contributed by atoms with E-state index in [4.69, 9.17) is 5.48 Å². The molecule has 0 aliphatic carbocycles. The highest BCUT2D eigenvalue weighted by Gasteiger charge is 2.18. The van der Waals surface area contributed by atoms with E-state index in [1.807, 2.05) is 84.9 Å². The molecule has 0 atom stereocenters. The average molecular weight is 703 g/mol. The molecular formula is C50H30S2. The van der Waals surface area contributed by atoms with Crippen LogP contribution in [0.2, 0.25) is 0 Å². The van der Waals surface area contributed by atoms with Crippen molar-refractivity contribution < 1.29 is 11.0 Å². The molecule has 0 N–H and O–H groups in total. The minimum Gasteiger partial charge on any atom is -0.135 e. The van der Waals surface area contributed by atoms with Crippen LogP contribution < -0.4 is 0 Å². The summed E-state index contributed by atoms with van der Waals surface area (Å²) in [5.74, 6) is 0. The summed E-state index contributed by atoms with van der Waals surface area (Å²) in [4.78, 5) is 0. The van der Waals surface area contributed by atoms with E-state index in [0.29, 0.717) is 22.3 Å². The van der Waals surface area contributed by atoms with E-state index in [9.17, 15) is 5.48 Å². The summed E-state index contributed by atoms with van der Waals surface area (Å²) in [6.07, 6.45) is 0. The highest BCUT2D eigenvalue weighted by Crippen LogP contribution is 2.46. The molecule has 0 amide bonds. The van der Waals surface area contributed by atoms with Crippen LogP contribution in [0.5, 0.6) is 0 Å². The van der Waals surface area contributed by atoms with Crippen molar-refractivity contribution in [2.45, 2.75) is 0 Å². The van der Waals surface area contributed by atoms with Crippen LogP contribution in [0.25, 0.3) is 106 Å². The Morgan fingerprint density at radius 2 is 0.654 bits per heavy atom. The van der Waals surface area contributed by atoms with E-state index < -0.39 is 24.2 Å². The second-order valence-corrected chi connectivity index (χ2v) is 15.1. The third-order valence-corrected chi connectivity index (χ3v) is 12.6. The Kier molecular flexibility index (Phi) is 5.13. The first-order valence-corrected chi connectivity index (χ1v) is 18.7. The number of hydrogen-bond acceptors (Lipinski definition) is 2. The van der Waals surface area contributed by atoms with Gasteiger partial charge in [0.25, 0.3) is 0 Å². The molecule has 0 aliphatic rings. The summed E-state index contributed by atoms with van der Waals surface area (Å²) in [7, 11) is 0. The number of hydrogen-bond donors (Lipinski definition) is 0. The van der Waals surface area contributed by atoms with E-state index >= 15 is 0 Å². The standard InChI is InChI=1S/C50H30S2/c1-2-14-40-39(13-1)47(33-27-23-31(24-28-33)35-17-9-19-43-37-11-5-7-21-45(37)51-49(35)43)41-15-3-4-16-42(41)48(40)34-29-25-32(26-30-34)36-18-10-20-44-38-12-6-8-22-46(38)52-50(36)44/h1-30H/i1D,2D,3D,4D,13D,14D,15D,16D. The molecule has 0 saturated carbocycles. The molecule has 2 heterocycles. The Morgan fingerprint density at radius 3 is 1.06 bits per heavy atom. The lowest BCUT2D eigenvalue weighted by molar-refractivity contribution is 1.63. The fourth-order valence-corrected chi connectivity index (χ4v) is 10.3. The zero-order chi connectivity index (χ0) is 41.1. The molecule has 0 unspecified atom stereocenters. The lowest BCUT2D eigenvalue weighted by atomic mass is 9.85. The van der Waals surface area contributed by atoms with Gasteiger partial charge in [0.05, 0.1) is 11.0 Å². The predicted octanol–water partition coefficient (Wildman–Crippen LogP) is 15.4. The van der Waals surface area contributed by atoms with Crippen LogP contribution in [0.4, 0.5) is 0 Å². The van der Waals surface area contributed by atoms with Crippen molar-refractivity contribution >= 4 is 84.6 Å². The zero-order valence-corrected chi connectivity index (χ0v) is 29.2. The Balaban J connectivity index is 1.17. The Hall–Kier alpha value is -6.06. The molecule has 242 valence electrons. The van der Waals surface area contributed by atoms with E-state index in [0.717, 1.165) is 31.7 Å². The highest BCUT2D eigenvalue weighted by atomic mass is 32.1. The van der Waals surface area contributed by atoms with Crippen LogP contribution in [-0.2, 0) is 0 Å². The quantitative estimate of drug-likeness (QED) is 0.160. The number of thiophene rings is 2. The molecule has 0 nitrogen and oxygen atoms in total. The Bertz CT molecular complexity index is 3300. The minimum absolute atomic E-state index is 0.201. The first kappa shape index (κ1) is 22.7. The monoisotopic (exact) mass is 702 g/mol. The van der Waals surface area contributed by atoms with Gasteiger partial charge in [-0.3, -0.25) is 0 Å². The third-order valence-electron chi connectivity index (χ3n) is 10.2. The van der Waals surface area contributed by atoms with E-state index in [1.165, 1.54) is 30.9 Å². The van der Waals surface area contributed by atoms with E-state index in [-0.39, 0.29) is 45.7 Å². The first-order valence-electron chi connectivity index (χ1n) is 21.1. The van der Waals surface area contributed by atoms with Crippen molar-refractivity contribution in [1.29, 1.82) is 0 Å². The van der Waals surface area contributed by atoms with Gasteiger partial charge >= 0.3 is 0 Å². The summed E-state index contributed by atoms with van der Waals surface area (Å²) in [6.45, 7) is 0. The molecule has 0 spiro atoms. The fourth-order valence-electron chi connectivity index (χ4n) is 7.78. The number of fused-ring (bicyclic) bond motifs is 8. The lowest BCUT2D eigenvalue weighted by Crippen LogP contribution is -1.91. The minimum atomic E-state index is -0.417. The number of benzene rings is 9. The molecule has 2 aromatic heterocycles. The summed E-state index contributed by atoms with van der Waals surface area (Å²) in [5, 5.41) is 5.53. The maximum atomic E-state index is 9.38.